The molecule has 2 fully saturated rings. The standard InChI is InChI=1S/C24H23ClN2O2S/c1-14(2)15-4-3-5-16(10-15)17-6-7-18-19(11-17)30-22(21(18)25)23(29)27-12-24(13-27)9-8-20(28)26-24/h3-7,10-11,14H,8-9,12-13H2,1-2H3,(H,26,28). The number of fused-ring (bicyclic) bond motifs is 1. The average Bonchev–Trinajstić information content (AvgIpc) is 3.26. The average molecular weight is 439 g/mol. The molecule has 2 amide bonds. The van der Waals surface area contributed by atoms with Crippen LogP contribution in [0.15, 0.2) is 42.5 Å². The summed E-state index contributed by atoms with van der Waals surface area (Å²) >= 11 is 8.06. The van der Waals surface area contributed by atoms with Gasteiger partial charge in [0.2, 0.25) is 5.91 Å². The fourth-order valence-corrected chi connectivity index (χ4v) is 5.96. The van der Waals surface area contributed by atoms with Gasteiger partial charge >= 0.3 is 0 Å². The summed E-state index contributed by atoms with van der Waals surface area (Å²) in [6.07, 6.45) is 1.35. The summed E-state index contributed by atoms with van der Waals surface area (Å²) in [7, 11) is 0. The van der Waals surface area contributed by atoms with Crippen molar-refractivity contribution in [2.45, 2.75) is 38.1 Å². The van der Waals surface area contributed by atoms with Crippen molar-refractivity contribution in [1.29, 1.82) is 0 Å². The summed E-state index contributed by atoms with van der Waals surface area (Å²) in [6, 6.07) is 14.8. The molecular weight excluding hydrogens is 416 g/mol. The summed E-state index contributed by atoms with van der Waals surface area (Å²) in [6.45, 7) is 5.51. The van der Waals surface area contributed by atoms with Gasteiger partial charge in [-0.2, -0.15) is 0 Å². The Balaban J connectivity index is 1.42. The fourth-order valence-electron chi connectivity index (χ4n) is 4.44. The van der Waals surface area contributed by atoms with Crippen LogP contribution in [0.4, 0.5) is 0 Å². The van der Waals surface area contributed by atoms with Crippen molar-refractivity contribution >= 4 is 44.8 Å². The lowest BCUT2D eigenvalue weighted by atomic mass is 9.88. The summed E-state index contributed by atoms with van der Waals surface area (Å²) in [4.78, 5) is 27.0. The second kappa shape index (κ2) is 7.10. The Kier molecular flexibility index (Phi) is 4.64. The van der Waals surface area contributed by atoms with E-state index in [9.17, 15) is 9.59 Å². The zero-order chi connectivity index (χ0) is 21.0. The Bertz CT molecular complexity index is 1180. The molecule has 0 bridgehead atoms. The van der Waals surface area contributed by atoms with E-state index in [0.29, 0.717) is 35.3 Å². The van der Waals surface area contributed by atoms with Crippen LogP contribution in [0.1, 0.15) is 47.8 Å². The van der Waals surface area contributed by atoms with E-state index >= 15 is 0 Å². The molecule has 0 atom stereocenters. The first kappa shape index (κ1) is 19.6. The van der Waals surface area contributed by atoms with Crippen molar-refractivity contribution < 1.29 is 9.59 Å². The zero-order valence-corrected chi connectivity index (χ0v) is 18.6. The summed E-state index contributed by atoms with van der Waals surface area (Å²) in [5.41, 5.74) is 3.38. The van der Waals surface area contributed by atoms with Crippen LogP contribution >= 0.6 is 22.9 Å². The molecule has 6 heteroatoms. The van der Waals surface area contributed by atoms with Gasteiger partial charge in [-0.3, -0.25) is 9.59 Å². The van der Waals surface area contributed by atoms with E-state index in [4.69, 9.17) is 11.6 Å². The van der Waals surface area contributed by atoms with E-state index in [1.54, 1.807) is 4.90 Å². The number of amides is 2. The van der Waals surface area contributed by atoms with Gasteiger partial charge in [-0.1, -0.05) is 61.8 Å². The second-order valence-electron chi connectivity index (χ2n) is 8.73. The molecule has 1 N–H and O–H groups in total. The highest BCUT2D eigenvalue weighted by Gasteiger charge is 2.49. The van der Waals surface area contributed by atoms with Gasteiger partial charge in [-0.15, -0.1) is 11.3 Å². The van der Waals surface area contributed by atoms with Gasteiger partial charge in [0.25, 0.3) is 5.91 Å². The molecule has 154 valence electrons. The van der Waals surface area contributed by atoms with Crippen LogP contribution < -0.4 is 5.32 Å². The molecular formula is C24H23ClN2O2S. The molecule has 0 unspecified atom stereocenters. The Labute approximate surface area is 184 Å². The van der Waals surface area contributed by atoms with Gasteiger partial charge in [-0.05, 0) is 35.1 Å². The largest absolute Gasteiger partial charge is 0.347 e. The normalized spacial score (nSPS) is 17.6. The third-order valence-electron chi connectivity index (χ3n) is 6.22. The summed E-state index contributed by atoms with van der Waals surface area (Å²) in [5, 5.41) is 4.46. The van der Waals surface area contributed by atoms with Crippen molar-refractivity contribution in [2.24, 2.45) is 0 Å². The first-order chi connectivity index (χ1) is 14.3. The van der Waals surface area contributed by atoms with Crippen molar-refractivity contribution in [3.8, 4) is 11.1 Å². The van der Waals surface area contributed by atoms with Crippen LogP contribution in [0.5, 0.6) is 0 Å². The van der Waals surface area contributed by atoms with Crippen molar-refractivity contribution in [2.75, 3.05) is 13.1 Å². The highest BCUT2D eigenvalue weighted by atomic mass is 35.5. The van der Waals surface area contributed by atoms with Crippen LogP contribution in [0.3, 0.4) is 0 Å². The molecule has 1 aromatic heterocycles. The highest BCUT2D eigenvalue weighted by Crippen LogP contribution is 2.40. The number of nitrogens with one attached hydrogen (secondary N) is 1. The number of carbonyl (C=O) groups is 2. The molecule has 2 aliphatic heterocycles. The van der Waals surface area contributed by atoms with Crippen LogP contribution in [-0.2, 0) is 4.79 Å². The number of carbonyl (C=O) groups excluding carboxylic acids is 2. The lowest BCUT2D eigenvalue weighted by Gasteiger charge is -2.47. The number of thiophene rings is 1. The SMILES string of the molecule is CC(C)c1cccc(-c2ccc3c(Cl)c(C(=O)N4CC5(CCC(=O)N5)C4)sc3c2)c1. The molecule has 2 saturated heterocycles. The Morgan fingerprint density at radius 2 is 1.93 bits per heavy atom. The number of rotatable bonds is 3. The van der Waals surface area contributed by atoms with Crippen LogP contribution in [0, 0.1) is 0 Å². The van der Waals surface area contributed by atoms with E-state index in [1.807, 2.05) is 6.07 Å². The van der Waals surface area contributed by atoms with E-state index in [0.717, 1.165) is 22.1 Å². The number of halogens is 1. The van der Waals surface area contributed by atoms with Gasteiger partial charge in [0.05, 0.1) is 10.6 Å². The van der Waals surface area contributed by atoms with Crippen LogP contribution in [0.2, 0.25) is 5.02 Å². The Morgan fingerprint density at radius 3 is 2.63 bits per heavy atom. The third kappa shape index (κ3) is 3.21. The maximum Gasteiger partial charge on any atom is 0.265 e. The molecule has 0 saturated carbocycles. The topological polar surface area (TPSA) is 49.4 Å². The molecule has 4 nitrogen and oxygen atoms in total. The molecule has 0 radical (unpaired) electrons. The molecule has 3 heterocycles. The summed E-state index contributed by atoms with van der Waals surface area (Å²) < 4.78 is 1.01. The van der Waals surface area contributed by atoms with Gasteiger partial charge in [0, 0.05) is 29.6 Å². The monoisotopic (exact) mass is 438 g/mol. The van der Waals surface area contributed by atoms with E-state index in [-0.39, 0.29) is 17.4 Å². The second-order valence-corrected chi connectivity index (χ2v) is 10.2. The maximum atomic E-state index is 13.1. The highest BCUT2D eigenvalue weighted by molar-refractivity contribution is 7.21. The first-order valence-corrected chi connectivity index (χ1v) is 11.5. The fraction of sp³-hybridized carbons (Fsp3) is 0.333. The molecule has 2 aliphatic rings. The van der Waals surface area contributed by atoms with E-state index < -0.39 is 0 Å². The lowest BCUT2D eigenvalue weighted by molar-refractivity contribution is -0.120. The number of nitrogens with zero attached hydrogens (tertiary/aromatic N) is 1. The molecule has 3 aromatic rings. The number of likely N-dealkylation sites (tertiary alicyclic amines) is 1. The van der Waals surface area contributed by atoms with Gasteiger partial charge in [0.15, 0.2) is 0 Å². The molecule has 2 aromatic carbocycles. The maximum absolute atomic E-state index is 13.1. The van der Waals surface area contributed by atoms with Gasteiger partial charge in [-0.25, -0.2) is 0 Å². The number of hydrogen-bond acceptors (Lipinski definition) is 3. The predicted molar refractivity (Wildman–Crippen MR) is 122 cm³/mol. The van der Waals surface area contributed by atoms with Crippen molar-refractivity contribution in [3.05, 3.63) is 57.9 Å². The van der Waals surface area contributed by atoms with Crippen molar-refractivity contribution in [3.63, 3.8) is 0 Å². The summed E-state index contributed by atoms with van der Waals surface area (Å²) in [5.74, 6) is 0.506. The first-order valence-electron chi connectivity index (χ1n) is 10.3. The van der Waals surface area contributed by atoms with Crippen molar-refractivity contribution in [1.82, 2.24) is 10.2 Å². The number of hydrogen-bond donors (Lipinski definition) is 1. The Hall–Kier alpha value is -2.37. The molecule has 1 spiro atoms. The lowest BCUT2D eigenvalue weighted by Crippen LogP contribution is -2.68. The minimum Gasteiger partial charge on any atom is -0.347 e. The molecule has 5 rings (SSSR count). The van der Waals surface area contributed by atoms with Gasteiger partial charge < -0.3 is 10.2 Å². The van der Waals surface area contributed by atoms with Crippen LogP contribution in [-0.4, -0.2) is 35.3 Å². The van der Waals surface area contributed by atoms with Crippen LogP contribution in [0.25, 0.3) is 21.2 Å². The smallest absolute Gasteiger partial charge is 0.265 e. The predicted octanol–water partition coefficient (Wildman–Crippen LogP) is 5.45. The molecule has 30 heavy (non-hydrogen) atoms. The quantitative estimate of drug-likeness (QED) is 0.591. The van der Waals surface area contributed by atoms with Gasteiger partial charge in [0.1, 0.15) is 4.88 Å². The number of benzene rings is 2. The minimum absolute atomic E-state index is 0.0451. The molecule has 0 aliphatic carbocycles. The third-order valence-corrected chi connectivity index (χ3v) is 7.86. The van der Waals surface area contributed by atoms with E-state index in [1.165, 1.54) is 22.5 Å². The Morgan fingerprint density at radius 1 is 1.17 bits per heavy atom. The minimum atomic E-state index is -0.218. The van der Waals surface area contributed by atoms with E-state index in [2.05, 4.69) is 55.6 Å². The zero-order valence-electron chi connectivity index (χ0n) is 17.0.